The van der Waals surface area contributed by atoms with Gasteiger partial charge >= 0.3 is 0 Å². The third-order valence-electron chi connectivity index (χ3n) is 6.22. The van der Waals surface area contributed by atoms with Crippen molar-refractivity contribution in [1.82, 2.24) is 4.40 Å². The van der Waals surface area contributed by atoms with E-state index in [1.165, 1.54) is 22.7 Å². The van der Waals surface area contributed by atoms with Crippen LogP contribution in [0.5, 0.6) is 5.75 Å². The summed E-state index contributed by atoms with van der Waals surface area (Å²) < 4.78 is 56.8. The van der Waals surface area contributed by atoms with Crippen molar-refractivity contribution in [2.75, 3.05) is 35.3 Å². The topological polar surface area (TPSA) is 150 Å². The third kappa shape index (κ3) is 5.05. The fourth-order valence-corrected chi connectivity index (χ4v) is 6.11. The van der Waals surface area contributed by atoms with E-state index < -0.39 is 25.6 Å². The standard InChI is InChI=1S/C26H25N5O6S2/c1-30(2)18-10-7-16(8-11-18)14-19-21-6-4-5-13-31(21)26(33)23(24(19)32)25-27-20-12-9-17(28-38(3,34)35)15-22(20)39(36,37)29-25/h4-13,15,28,32H,14H2,1-3H3,(H,27,29). The summed E-state index contributed by atoms with van der Waals surface area (Å²) in [6.07, 6.45) is 2.74. The zero-order valence-electron chi connectivity index (χ0n) is 21.2. The summed E-state index contributed by atoms with van der Waals surface area (Å²) in [5.74, 6) is -0.723. The number of fused-ring (bicyclic) bond motifs is 2. The van der Waals surface area contributed by atoms with Gasteiger partial charge < -0.3 is 15.3 Å². The van der Waals surface area contributed by atoms with Crippen molar-refractivity contribution in [1.29, 1.82) is 0 Å². The molecule has 0 atom stereocenters. The highest BCUT2D eigenvalue weighted by Gasteiger charge is 2.30. The third-order valence-corrected chi connectivity index (χ3v) is 8.15. The number of hydrogen-bond acceptors (Lipinski definition) is 8. The van der Waals surface area contributed by atoms with Crippen molar-refractivity contribution in [3.63, 3.8) is 0 Å². The normalized spacial score (nSPS) is 14.3. The number of pyridine rings is 2. The summed E-state index contributed by atoms with van der Waals surface area (Å²) in [6.45, 7) is 0. The second-order valence-electron chi connectivity index (χ2n) is 9.33. The monoisotopic (exact) mass is 567 g/mol. The van der Waals surface area contributed by atoms with Gasteiger partial charge in [0, 0.05) is 43.7 Å². The van der Waals surface area contributed by atoms with Gasteiger partial charge in [-0.2, -0.15) is 8.42 Å². The van der Waals surface area contributed by atoms with E-state index in [1.54, 1.807) is 18.2 Å². The molecule has 5 rings (SSSR count). The van der Waals surface area contributed by atoms with E-state index in [9.17, 15) is 26.7 Å². The molecule has 0 unspecified atom stereocenters. The Kier molecular flexibility index (Phi) is 6.35. The molecule has 0 bridgehead atoms. The number of amidine groups is 1. The molecule has 2 aromatic carbocycles. The Morgan fingerprint density at radius 3 is 2.46 bits per heavy atom. The average molecular weight is 568 g/mol. The summed E-state index contributed by atoms with van der Waals surface area (Å²) in [4.78, 5) is 15.2. The van der Waals surface area contributed by atoms with Crippen molar-refractivity contribution in [3.8, 4) is 5.75 Å². The fraction of sp³-hybridized carbons (Fsp3) is 0.154. The lowest BCUT2D eigenvalue weighted by molar-refractivity contribution is 0.467. The van der Waals surface area contributed by atoms with Crippen LogP contribution in [0.25, 0.3) is 5.52 Å². The van der Waals surface area contributed by atoms with E-state index in [4.69, 9.17) is 0 Å². The summed E-state index contributed by atoms with van der Waals surface area (Å²) in [5.41, 5.74) is 1.92. The Balaban J connectivity index is 1.64. The number of anilines is 3. The lowest BCUT2D eigenvalue weighted by Crippen LogP contribution is -2.31. The van der Waals surface area contributed by atoms with Crippen LogP contribution in [0.4, 0.5) is 17.1 Å². The second kappa shape index (κ2) is 9.43. The first-order chi connectivity index (χ1) is 18.3. The molecule has 0 amide bonds. The molecule has 11 nitrogen and oxygen atoms in total. The Hall–Kier alpha value is -4.36. The van der Waals surface area contributed by atoms with Crippen LogP contribution >= 0.6 is 0 Å². The summed E-state index contributed by atoms with van der Waals surface area (Å²) in [6, 6.07) is 16.7. The molecule has 3 heterocycles. The van der Waals surface area contributed by atoms with Gasteiger partial charge in [-0.3, -0.25) is 13.9 Å². The van der Waals surface area contributed by atoms with Crippen LogP contribution in [0, 0.1) is 0 Å². The minimum absolute atomic E-state index is 0.0384. The molecule has 0 radical (unpaired) electrons. The number of nitrogens with zero attached hydrogens (tertiary/aromatic N) is 3. The highest BCUT2D eigenvalue weighted by atomic mass is 32.2. The molecule has 0 fully saturated rings. The van der Waals surface area contributed by atoms with Crippen molar-refractivity contribution in [3.05, 3.63) is 93.9 Å². The van der Waals surface area contributed by atoms with Gasteiger partial charge in [0.2, 0.25) is 10.0 Å². The van der Waals surface area contributed by atoms with Gasteiger partial charge in [-0.05, 0) is 48.0 Å². The Labute approximate surface area is 225 Å². The Morgan fingerprint density at radius 1 is 1.08 bits per heavy atom. The summed E-state index contributed by atoms with van der Waals surface area (Å²) >= 11 is 0. The predicted octanol–water partition coefficient (Wildman–Crippen LogP) is 2.59. The lowest BCUT2D eigenvalue weighted by atomic mass is 10.00. The Morgan fingerprint density at radius 2 is 1.79 bits per heavy atom. The molecular weight excluding hydrogens is 542 g/mol. The van der Waals surface area contributed by atoms with Gasteiger partial charge in [-0.1, -0.05) is 18.2 Å². The number of benzene rings is 2. The van der Waals surface area contributed by atoms with E-state index in [0.29, 0.717) is 11.1 Å². The highest BCUT2D eigenvalue weighted by molar-refractivity contribution is 7.92. The first-order valence-corrected chi connectivity index (χ1v) is 15.0. The molecule has 2 aromatic heterocycles. The second-order valence-corrected chi connectivity index (χ2v) is 12.6. The molecule has 3 N–H and O–H groups in total. The van der Waals surface area contributed by atoms with Crippen LogP contribution in [-0.2, 0) is 26.5 Å². The van der Waals surface area contributed by atoms with Crippen LogP contribution in [0.15, 0.2) is 80.9 Å². The van der Waals surface area contributed by atoms with Gasteiger partial charge in [0.15, 0.2) is 5.84 Å². The van der Waals surface area contributed by atoms with Crippen molar-refractivity contribution < 1.29 is 21.9 Å². The number of aromatic nitrogens is 1. The molecule has 0 aliphatic carbocycles. The highest BCUT2D eigenvalue weighted by Crippen LogP contribution is 2.34. The van der Waals surface area contributed by atoms with Gasteiger partial charge in [-0.15, -0.1) is 4.40 Å². The van der Waals surface area contributed by atoms with Crippen LogP contribution in [0.1, 0.15) is 16.7 Å². The molecule has 0 saturated heterocycles. The zero-order valence-corrected chi connectivity index (χ0v) is 22.8. The summed E-state index contributed by atoms with van der Waals surface area (Å²) in [5, 5.41) is 14.2. The SMILES string of the molecule is CN(C)c1ccc(Cc2c(O)c(C3=NS(=O)(=O)c4cc(NS(C)(=O)=O)ccc4N3)c(=O)n3ccccc23)cc1. The van der Waals surface area contributed by atoms with E-state index in [1.807, 2.05) is 43.3 Å². The van der Waals surface area contributed by atoms with Crippen molar-refractivity contribution in [2.24, 2.45) is 4.40 Å². The molecule has 13 heteroatoms. The molecule has 202 valence electrons. The minimum Gasteiger partial charge on any atom is -0.507 e. The van der Waals surface area contributed by atoms with Crippen molar-refractivity contribution >= 4 is 48.5 Å². The predicted molar refractivity (Wildman–Crippen MR) is 151 cm³/mol. The van der Waals surface area contributed by atoms with E-state index in [2.05, 4.69) is 14.4 Å². The number of sulfonamides is 2. The molecule has 0 saturated carbocycles. The molecule has 39 heavy (non-hydrogen) atoms. The number of aromatic hydroxyl groups is 1. The minimum atomic E-state index is -4.36. The van der Waals surface area contributed by atoms with Gasteiger partial charge in [0.05, 0.1) is 17.5 Å². The number of rotatable bonds is 6. The largest absolute Gasteiger partial charge is 0.507 e. The maximum Gasteiger partial charge on any atom is 0.286 e. The Bertz CT molecular complexity index is 1930. The molecular formula is C26H25N5O6S2. The molecule has 4 aromatic rings. The maximum absolute atomic E-state index is 13.5. The van der Waals surface area contributed by atoms with E-state index in [-0.39, 0.29) is 39.8 Å². The van der Waals surface area contributed by atoms with E-state index in [0.717, 1.165) is 23.6 Å². The van der Waals surface area contributed by atoms with Gasteiger partial charge in [-0.25, -0.2) is 8.42 Å². The number of hydrogen-bond donors (Lipinski definition) is 3. The van der Waals surface area contributed by atoms with Crippen molar-refractivity contribution in [2.45, 2.75) is 11.3 Å². The molecule has 0 spiro atoms. The quantitative estimate of drug-likeness (QED) is 0.322. The van der Waals surface area contributed by atoms with Crippen LogP contribution in [-0.4, -0.2) is 52.5 Å². The lowest BCUT2D eigenvalue weighted by Gasteiger charge is -2.21. The first kappa shape index (κ1) is 26.3. The smallest absolute Gasteiger partial charge is 0.286 e. The van der Waals surface area contributed by atoms with Gasteiger partial charge in [0.1, 0.15) is 16.2 Å². The fourth-order valence-electron chi connectivity index (χ4n) is 4.41. The van der Waals surface area contributed by atoms with Gasteiger partial charge in [0.25, 0.3) is 15.6 Å². The maximum atomic E-state index is 13.5. The summed E-state index contributed by atoms with van der Waals surface area (Å²) in [7, 11) is -4.15. The van der Waals surface area contributed by atoms with Crippen LogP contribution in [0.3, 0.4) is 0 Å². The molecule has 1 aliphatic heterocycles. The number of nitrogens with one attached hydrogen (secondary N) is 2. The van der Waals surface area contributed by atoms with Crippen LogP contribution in [0.2, 0.25) is 0 Å². The van der Waals surface area contributed by atoms with Crippen LogP contribution < -0.4 is 20.5 Å². The zero-order chi connectivity index (χ0) is 28.1. The average Bonchev–Trinajstić information content (AvgIpc) is 2.86. The van der Waals surface area contributed by atoms with E-state index >= 15 is 0 Å². The first-order valence-electron chi connectivity index (χ1n) is 11.7. The molecule has 1 aliphatic rings.